The molecule has 0 bridgehead atoms. The van der Waals surface area contributed by atoms with Gasteiger partial charge in [0.2, 0.25) is 0 Å². The van der Waals surface area contributed by atoms with Gasteiger partial charge in [-0.05, 0) is 25.1 Å². The van der Waals surface area contributed by atoms with Crippen LogP contribution in [0, 0.1) is 6.92 Å². The van der Waals surface area contributed by atoms with Gasteiger partial charge in [-0.25, -0.2) is 4.99 Å². The first-order valence-corrected chi connectivity index (χ1v) is 7.76. The number of anilines is 1. The normalized spacial score (nSPS) is 11.0. The lowest BCUT2D eigenvalue weighted by Gasteiger charge is -2.12. The Morgan fingerprint density at radius 3 is 2.37 bits per heavy atom. The number of halogens is 3. The van der Waals surface area contributed by atoms with Crippen molar-refractivity contribution >= 4 is 35.6 Å². The first-order chi connectivity index (χ1) is 12.4. The second-order valence-corrected chi connectivity index (χ2v) is 5.39. The minimum Gasteiger partial charge on any atom is -0.493 e. The largest absolute Gasteiger partial charge is 0.493 e. The van der Waals surface area contributed by atoms with Gasteiger partial charge < -0.3 is 25.3 Å². The van der Waals surface area contributed by atoms with E-state index in [4.69, 9.17) is 15.2 Å². The lowest BCUT2D eigenvalue weighted by Crippen LogP contribution is -2.22. The van der Waals surface area contributed by atoms with E-state index in [9.17, 15) is 8.78 Å². The van der Waals surface area contributed by atoms with Crippen molar-refractivity contribution in [1.29, 1.82) is 0 Å². The molecular formula is C18H22F2IN3O3. The standard InChI is InChI=1S/C18H21F2N3O3.HI/c1-11-4-6-14(26-17(19)20)12(8-11)10-22-18(21)23-13-5-7-15(24-2)16(9-13)25-3;/h4-9,17H,10H2,1-3H3,(H3,21,22,23);1H. The number of hydrogen-bond acceptors (Lipinski definition) is 4. The Hall–Kier alpha value is -2.30. The van der Waals surface area contributed by atoms with Crippen LogP contribution in [0.4, 0.5) is 14.5 Å². The maximum absolute atomic E-state index is 12.5. The predicted molar refractivity (Wildman–Crippen MR) is 112 cm³/mol. The number of benzene rings is 2. The van der Waals surface area contributed by atoms with Gasteiger partial charge in [0, 0.05) is 17.3 Å². The molecule has 0 radical (unpaired) electrons. The molecule has 3 N–H and O–H groups in total. The Labute approximate surface area is 173 Å². The first kappa shape index (κ1) is 22.7. The highest BCUT2D eigenvalue weighted by atomic mass is 127. The summed E-state index contributed by atoms with van der Waals surface area (Å²) >= 11 is 0. The summed E-state index contributed by atoms with van der Waals surface area (Å²) in [4.78, 5) is 4.18. The van der Waals surface area contributed by atoms with Crippen molar-refractivity contribution in [3.05, 3.63) is 47.5 Å². The number of hydrogen-bond donors (Lipinski definition) is 2. The molecule has 148 valence electrons. The average molecular weight is 493 g/mol. The Kier molecular flexibility index (Phi) is 9.06. The fourth-order valence-electron chi connectivity index (χ4n) is 2.31. The van der Waals surface area contributed by atoms with Gasteiger partial charge in [0.05, 0.1) is 20.8 Å². The quantitative estimate of drug-likeness (QED) is 0.344. The Balaban J connectivity index is 0.00000364. The van der Waals surface area contributed by atoms with Gasteiger partial charge in [-0.2, -0.15) is 8.78 Å². The molecule has 0 aliphatic rings. The molecule has 0 heterocycles. The number of nitrogens with one attached hydrogen (secondary N) is 1. The van der Waals surface area contributed by atoms with Crippen molar-refractivity contribution in [2.45, 2.75) is 20.1 Å². The Morgan fingerprint density at radius 2 is 1.74 bits per heavy atom. The van der Waals surface area contributed by atoms with Crippen LogP contribution in [0.15, 0.2) is 41.4 Å². The van der Waals surface area contributed by atoms with Crippen LogP contribution in [0.2, 0.25) is 0 Å². The van der Waals surface area contributed by atoms with Crippen molar-refractivity contribution in [3.63, 3.8) is 0 Å². The topological polar surface area (TPSA) is 78.1 Å². The van der Waals surface area contributed by atoms with Crippen LogP contribution in [0.3, 0.4) is 0 Å². The molecular weight excluding hydrogens is 471 g/mol. The first-order valence-electron chi connectivity index (χ1n) is 7.76. The summed E-state index contributed by atoms with van der Waals surface area (Å²) in [6.07, 6.45) is 0. The zero-order valence-electron chi connectivity index (χ0n) is 15.2. The lowest BCUT2D eigenvalue weighted by atomic mass is 10.1. The molecule has 2 aromatic rings. The summed E-state index contributed by atoms with van der Waals surface area (Å²) in [5.74, 6) is 1.33. The van der Waals surface area contributed by atoms with Gasteiger partial charge in [0.15, 0.2) is 17.5 Å². The van der Waals surface area contributed by atoms with E-state index >= 15 is 0 Å². The van der Waals surface area contributed by atoms with Gasteiger partial charge in [-0.1, -0.05) is 17.7 Å². The van der Waals surface area contributed by atoms with Gasteiger partial charge in [0.25, 0.3) is 0 Å². The number of rotatable bonds is 7. The van der Waals surface area contributed by atoms with Crippen LogP contribution in [-0.2, 0) is 6.54 Å². The fraction of sp³-hybridized carbons (Fsp3) is 0.278. The number of nitrogens with two attached hydrogens (primary N) is 1. The second-order valence-electron chi connectivity index (χ2n) is 5.39. The van der Waals surface area contributed by atoms with E-state index < -0.39 is 6.61 Å². The predicted octanol–water partition coefficient (Wildman–Crippen LogP) is 4.16. The molecule has 0 saturated carbocycles. The third-order valence-electron chi connectivity index (χ3n) is 3.51. The zero-order chi connectivity index (χ0) is 19.1. The van der Waals surface area contributed by atoms with Gasteiger partial charge in [0.1, 0.15) is 5.75 Å². The minimum atomic E-state index is -2.90. The van der Waals surface area contributed by atoms with E-state index in [1.54, 1.807) is 37.4 Å². The molecule has 0 amide bonds. The SMILES string of the molecule is COc1ccc(NC(N)=NCc2cc(C)ccc2OC(F)F)cc1OC.I. The molecule has 0 fully saturated rings. The van der Waals surface area contributed by atoms with Crippen LogP contribution in [0.5, 0.6) is 17.2 Å². The molecule has 0 spiro atoms. The van der Waals surface area contributed by atoms with Gasteiger partial charge in [-0.3, -0.25) is 0 Å². The third-order valence-corrected chi connectivity index (χ3v) is 3.51. The van der Waals surface area contributed by atoms with Crippen molar-refractivity contribution in [2.24, 2.45) is 10.7 Å². The monoisotopic (exact) mass is 493 g/mol. The molecule has 27 heavy (non-hydrogen) atoms. The molecule has 6 nitrogen and oxygen atoms in total. The van der Waals surface area contributed by atoms with E-state index in [-0.39, 0.29) is 42.2 Å². The highest BCUT2D eigenvalue weighted by molar-refractivity contribution is 14.0. The number of alkyl halides is 2. The average Bonchev–Trinajstić information content (AvgIpc) is 2.61. The van der Waals surface area contributed by atoms with E-state index in [1.807, 2.05) is 6.92 Å². The Bertz CT molecular complexity index is 788. The fourth-order valence-corrected chi connectivity index (χ4v) is 2.31. The van der Waals surface area contributed by atoms with Gasteiger partial charge in [-0.15, -0.1) is 24.0 Å². The van der Waals surface area contributed by atoms with Crippen LogP contribution in [0.1, 0.15) is 11.1 Å². The minimum absolute atomic E-state index is 0. The van der Waals surface area contributed by atoms with E-state index in [1.165, 1.54) is 13.2 Å². The highest BCUT2D eigenvalue weighted by Gasteiger charge is 2.10. The molecule has 0 saturated heterocycles. The summed E-state index contributed by atoms with van der Waals surface area (Å²) < 4.78 is 39.9. The van der Waals surface area contributed by atoms with Crippen LogP contribution >= 0.6 is 24.0 Å². The zero-order valence-corrected chi connectivity index (χ0v) is 17.5. The lowest BCUT2D eigenvalue weighted by molar-refractivity contribution is -0.0504. The summed E-state index contributed by atoms with van der Waals surface area (Å²) in [6, 6.07) is 10.1. The summed E-state index contributed by atoms with van der Waals surface area (Å²) in [5.41, 5.74) is 7.95. The number of methoxy groups -OCH3 is 2. The molecule has 9 heteroatoms. The smallest absolute Gasteiger partial charge is 0.387 e. The van der Waals surface area contributed by atoms with Crippen molar-refractivity contribution in [3.8, 4) is 17.2 Å². The summed E-state index contributed by atoms with van der Waals surface area (Å²) in [7, 11) is 3.07. The van der Waals surface area contributed by atoms with E-state index in [2.05, 4.69) is 15.0 Å². The maximum atomic E-state index is 12.5. The second kappa shape index (κ2) is 10.8. The molecule has 0 aliphatic heterocycles. The van der Waals surface area contributed by atoms with Crippen molar-refractivity contribution in [1.82, 2.24) is 0 Å². The molecule has 0 unspecified atom stereocenters. The number of ether oxygens (including phenoxy) is 3. The number of aryl methyl sites for hydroxylation is 1. The summed E-state index contributed by atoms with van der Waals surface area (Å²) in [6.45, 7) is -0.955. The Morgan fingerprint density at radius 1 is 1.07 bits per heavy atom. The molecule has 2 rings (SSSR count). The number of nitrogens with zero attached hydrogens (tertiary/aromatic N) is 1. The maximum Gasteiger partial charge on any atom is 0.387 e. The van der Waals surface area contributed by atoms with Crippen LogP contribution in [-0.4, -0.2) is 26.8 Å². The van der Waals surface area contributed by atoms with Crippen molar-refractivity contribution in [2.75, 3.05) is 19.5 Å². The van der Waals surface area contributed by atoms with Crippen LogP contribution in [0.25, 0.3) is 0 Å². The summed E-state index contributed by atoms with van der Waals surface area (Å²) in [5, 5.41) is 2.92. The van der Waals surface area contributed by atoms with E-state index in [0.717, 1.165) is 5.56 Å². The van der Waals surface area contributed by atoms with E-state index in [0.29, 0.717) is 22.7 Å². The van der Waals surface area contributed by atoms with Crippen molar-refractivity contribution < 1.29 is 23.0 Å². The molecule has 0 atom stereocenters. The number of aliphatic imine (C=N–C) groups is 1. The van der Waals surface area contributed by atoms with Crippen LogP contribution < -0.4 is 25.3 Å². The highest BCUT2D eigenvalue weighted by Crippen LogP contribution is 2.29. The molecule has 0 aliphatic carbocycles. The van der Waals surface area contributed by atoms with Gasteiger partial charge >= 0.3 is 6.61 Å². The number of guanidine groups is 1. The molecule has 0 aromatic heterocycles. The molecule has 2 aromatic carbocycles. The third kappa shape index (κ3) is 6.74.